The van der Waals surface area contributed by atoms with Crippen molar-refractivity contribution in [3.8, 4) is 0 Å². The van der Waals surface area contributed by atoms with Crippen molar-refractivity contribution >= 4 is 41.3 Å². The van der Waals surface area contributed by atoms with Gasteiger partial charge in [-0.15, -0.1) is 10.2 Å². The maximum absolute atomic E-state index is 12.1. The van der Waals surface area contributed by atoms with Gasteiger partial charge in [-0.3, -0.25) is 4.79 Å². The molecule has 1 aromatic heterocycles. The first-order valence-corrected chi connectivity index (χ1v) is 8.58. The van der Waals surface area contributed by atoms with Crippen LogP contribution >= 0.6 is 23.1 Å². The van der Waals surface area contributed by atoms with Gasteiger partial charge in [0, 0.05) is 6.42 Å². The number of carbonyl (C=O) groups is 1. The van der Waals surface area contributed by atoms with E-state index < -0.39 is 7.12 Å². The third kappa shape index (κ3) is 3.82. The minimum Gasteiger partial charge on any atom is -0.538 e. The highest BCUT2D eigenvalue weighted by Gasteiger charge is 2.40. The van der Waals surface area contributed by atoms with Crippen LogP contribution in [0.15, 0.2) is 28.8 Å². The van der Waals surface area contributed by atoms with E-state index in [1.54, 1.807) is 0 Å². The quantitative estimate of drug-likeness (QED) is 0.480. The van der Waals surface area contributed by atoms with Crippen LogP contribution < -0.4 is 11.1 Å². The highest BCUT2D eigenvalue weighted by atomic mass is 32.2. The molecule has 1 aromatic rings. The average Bonchev–Trinajstić information content (AvgIpc) is 2.83. The zero-order chi connectivity index (χ0) is 15.5. The van der Waals surface area contributed by atoms with Gasteiger partial charge < -0.3 is 20.4 Å². The fourth-order valence-corrected chi connectivity index (χ4v) is 3.69. The van der Waals surface area contributed by atoms with Gasteiger partial charge in [-0.25, -0.2) is 0 Å². The summed E-state index contributed by atoms with van der Waals surface area (Å²) in [6.45, 7) is 3.85. The van der Waals surface area contributed by atoms with Crippen LogP contribution in [0.2, 0.25) is 0 Å². The summed E-state index contributed by atoms with van der Waals surface area (Å²) in [5, 5.41) is 10.9. The number of nitrogens with two attached hydrogens (primary N) is 1. The Morgan fingerprint density at radius 1 is 1.64 bits per heavy atom. The third-order valence-electron chi connectivity index (χ3n) is 3.19. The smallest absolute Gasteiger partial charge is 0.538 e. The second-order valence-electron chi connectivity index (χ2n) is 4.94. The molecule has 1 saturated heterocycles. The van der Waals surface area contributed by atoms with Crippen LogP contribution in [-0.4, -0.2) is 41.0 Å². The molecule has 7 nitrogen and oxygen atoms in total. The largest absolute Gasteiger partial charge is 0.549 e. The maximum Gasteiger partial charge on any atom is 0.549 e. The number of carbonyl (C=O) groups excluding carboxylic acids is 1. The zero-order valence-corrected chi connectivity index (χ0v) is 13.4. The van der Waals surface area contributed by atoms with E-state index in [9.17, 15) is 4.79 Å². The molecule has 0 unspecified atom stereocenters. The molecule has 2 atom stereocenters. The Kier molecular flexibility index (Phi) is 4.70. The fraction of sp³-hybridized carbons (Fsp3) is 0.417. The number of nitrogen functional groups attached to an aromatic ring is 1. The highest BCUT2D eigenvalue weighted by Crippen LogP contribution is 2.25. The Morgan fingerprint density at radius 3 is 3.27 bits per heavy atom. The lowest BCUT2D eigenvalue weighted by atomic mass is 9.75. The molecule has 2 bridgehead atoms. The molecule has 0 radical (unpaired) electrons. The number of nitrogens with one attached hydrogen (secondary N) is 1. The monoisotopic (exact) mass is 338 g/mol. The SMILES string of the molecule is C=C1C[C@H]2C=CC[C@H](NC(=O)CSc3nnc(N)s3)B(O1)O2. The van der Waals surface area contributed by atoms with Crippen LogP contribution in [0.4, 0.5) is 5.13 Å². The number of hydrogen-bond donors (Lipinski definition) is 2. The Hall–Kier alpha value is -1.52. The van der Waals surface area contributed by atoms with E-state index >= 15 is 0 Å². The van der Waals surface area contributed by atoms with Gasteiger partial charge in [0.1, 0.15) is 0 Å². The zero-order valence-electron chi connectivity index (χ0n) is 11.7. The van der Waals surface area contributed by atoms with Gasteiger partial charge in [0.25, 0.3) is 0 Å². The maximum atomic E-state index is 12.1. The van der Waals surface area contributed by atoms with Gasteiger partial charge >= 0.3 is 7.12 Å². The summed E-state index contributed by atoms with van der Waals surface area (Å²) in [5.41, 5.74) is 5.50. The van der Waals surface area contributed by atoms with Gasteiger partial charge in [0.15, 0.2) is 4.34 Å². The van der Waals surface area contributed by atoms with Gasteiger partial charge in [-0.1, -0.05) is 41.8 Å². The van der Waals surface area contributed by atoms with Gasteiger partial charge in [0.2, 0.25) is 11.0 Å². The average molecular weight is 338 g/mol. The number of hydrogen-bond acceptors (Lipinski definition) is 8. The third-order valence-corrected chi connectivity index (χ3v) is 5.07. The first kappa shape index (κ1) is 15.4. The standard InChI is InChI=1S/C12H15BN4O3S2/c1-7-5-8-3-2-4-9(13(19-7)20-8)15-10(18)6-21-12-17-16-11(14)22-12/h2-3,8-9H,1,4-6H2,(H2,14,16)(H,15,18)/t8-,9+/m1/s1. The number of aromatic nitrogens is 2. The van der Waals surface area contributed by atoms with Crippen molar-refractivity contribution in [2.75, 3.05) is 11.5 Å². The lowest BCUT2D eigenvalue weighted by Crippen LogP contribution is -2.51. The van der Waals surface area contributed by atoms with Crippen molar-refractivity contribution in [3.63, 3.8) is 0 Å². The van der Waals surface area contributed by atoms with Gasteiger partial charge in [-0.2, -0.15) is 0 Å². The molecule has 1 fully saturated rings. The van der Waals surface area contributed by atoms with Crippen molar-refractivity contribution in [3.05, 3.63) is 24.5 Å². The van der Waals surface area contributed by atoms with Crippen LogP contribution in [-0.2, 0) is 14.1 Å². The summed E-state index contributed by atoms with van der Waals surface area (Å²) < 4.78 is 12.0. The van der Waals surface area contributed by atoms with Crippen LogP contribution in [0.25, 0.3) is 0 Å². The van der Waals surface area contributed by atoms with Crippen molar-refractivity contribution in [2.24, 2.45) is 0 Å². The molecular weight excluding hydrogens is 323 g/mol. The molecule has 10 heteroatoms. The van der Waals surface area contributed by atoms with E-state index in [0.29, 0.717) is 28.1 Å². The van der Waals surface area contributed by atoms with E-state index in [4.69, 9.17) is 15.0 Å². The molecule has 1 amide bonds. The summed E-state index contributed by atoms with van der Waals surface area (Å²) >= 11 is 2.56. The molecule has 22 heavy (non-hydrogen) atoms. The molecule has 0 saturated carbocycles. The van der Waals surface area contributed by atoms with Crippen molar-refractivity contribution < 1.29 is 14.1 Å². The summed E-state index contributed by atoms with van der Waals surface area (Å²) in [6.07, 6.45) is 5.30. The normalized spacial score (nSPS) is 23.8. The molecule has 2 aliphatic heterocycles. The minimum absolute atomic E-state index is 0.0214. The van der Waals surface area contributed by atoms with Crippen LogP contribution in [0, 0.1) is 0 Å². The number of thioether (sulfide) groups is 1. The number of nitrogens with zero attached hydrogens (tertiary/aromatic N) is 2. The molecule has 0 aromatic carbocycles. The Balaban J connectivity index is 1.54. The second kappa shape index (κ2) is 6.72. The first-order chi connectivity index (χ1) is 10.6. The molecule has 0 spiro atoms. The van der Waals surface area contributed by atoms with Crippen molar-refractivity contribution in [2.45, 2.75) is 29.2 Å². The molecule has 116 valence electrons. The summed E-state index contributed by atoms with van der Waals surface area (Å²) in [4.78, 5) is 12.1. The molecule has 3 rings (SSSR count). The lowest BCUT2D eigenvalue weighted by molar-refractivity contribution is -0.119. The van der Waals surface area contributed by atoms with Crippen molar-refractivity contribution in [1.29, 1.82) is 0 Å². The Labute approximate surface area is 136 Å². The van der Waals surface area contributed by atoms with Gasteiger partial charge in [-0.05, 0) is 6.42 Å². The van der Waals surface area contributed by atoms with E-state index in [2.05, 4.69) is 22.1 Å². The van der Waals surface area contributed by atoms with E-state index in [0.717, 1.165) is 0 Å². The minimum atomic E-state index is -0.493. The summed E-state index contributed by atoms with van der Waals surface area (Å²) in [7, 11) is -0.493. The molecule has 2 aliphatic rings. The summed E-state index contributed by atoms with van der Waals surface area (Å²) in [6, 6.07) is 0. The van der Waals surface area contributed by atoms with E-state index in [1.807, 2.05) is 12.2 Å². The number of anilines is 1. The van der Waals surface area contributed by atoms with Crippen LogP contribution in [0.1, 0.15) is 12.8 Å². The van der Waals surface area contributed by atoms with Gasteiger partial charge in [0.05, 0.1) is 23.6 Å². The molecular formula is C12H15BN4O3S2. The topological polar surface area (TPSA) is 99.4 Å². The van der Waals surface area contributed by atoms with Crippen LogP contribution in [0.5, 0.6) is 0 Å². The first-order valence-electron chi connectivity index (χ1n) is 6.78. The van der Waals surface area contributed by atoms with Crippen molar-refractivity contribution in [1.82, 2.24) is 15.5 Å². The van der Waals surface area contributed by atoms with Crippen LogP contribution in [0.3, 0.4) is 0 Å². The Bertz CT molecular complexity index is 609. The highest BCUT2D eigenvalue weighted by molar-refractivity contribution is 8.01. The lowest BCUT2D eigenvalue weighted by Gasteiger charge is -2.30. The molecule has 0 aliphatic carbocycles. The number of fused-ring (bicyclic) bond motifs is 2. The summed E-state index contributed by atoms with van der Waals surface area (Å²) in [5.74, 6) is 0.585. The predicted octanol–water partition coefficient (Wildman–Crippen LogP) is 1.00. The Morgan fingerprint density at radius 2 is 2.50 bits per heavy atom. The molecule has 3 N–H and O–H groups in total. The fourth-order valence-electron chi connectivity index (χ4n) is 2.24. The van der Waals surface area contributed by atoms with E-state index in [-0.39, 0.29) is 23.7 Å². The second-order valence-corrected chi connectivity index (χ2v) is 7.17. The predicted molar refractivity (Wildman–Crippen MR) is 86.2 cm³/mol. The number of rotatable bonds is 4. The number of amides is 1. The van der Waals surface area contributed by atoms with E-state index in [1.165, 1.54) is 23.1 Å². The molecule has 3 heterocycles.